The highest BCUT2D eigenvalue weighted by atomic mass is 32.1. The van der Waals surface area contributed by atoms with E-state index in [1.54, 1.807) is 0 Å². The van der Waals surface area contributed by atoms with Crippen molar-refractivity contribution in [2.24, 2.45) is 0 Å². The van der Waals surface area contributed by atoms with E-state index in [9.17, 15) is 0 Å². The van der Waals surface area contributed by atoms with Gasteiger partial charge in [0.15, 0.2) is 5.82 Å². The summed E-state index contributed by atoms with van der Waals surface area (Å²) in [6.45, 7) is 4.68. The molecule has 0 saturated carbocycles. The van der Waals surface area contributed by atoms with Gasteiger partial charge in [0.25, 0.3) is 0 Å². The van der Waals surface area contributed by atoms with Crippen molar-refractivity contribution in [3.63, 3.8) is 0 Å². The van der Waals surface area contributed by atoms with Crippen LogP contribution in [0.4, 0.5) is 0 Å². The zero-order valence-electron chi connectivity index (χ0n) is 35.6. The van der Waals surface area contributed by atoms with E-state index in [0.29, 0.717) is 5.82 Å². The van der Waals surface area contributed by atoms with Gasteiger partial charge < -0.3 is 0 Å². The average Bonchev–Trinajstić information content (AvgIpc) is 3.86. The maximum atomic E-state index is 5.38. The summed E-state index contributed by atoms with van der Waals surface area (Å²) in [4.78, 5) is 10.7. The zero-order chi connectivity index (χ0) is 42.8. The third-order valence-corrected chi connectivity index (χ3v) is 14.3. The van der Waals surface area contributed by atoms with Crippen LogP contribution in [0.5, 0.6) is 0 Å². The van der Waals surface area contributed by atoms with Crippen molar-refractivity contribution in [1.29, 1.82) is 0 Å². The topological polar surface area (TPSA) is 25.8 Å². The van der Waals surface area contributed by atoms with E-state index in [2.05, 4.69) is 226 Å². The molecule has 0 radical (unpaired) electrons. The van der Waals surface area contributed by atoms with Crippen molar-refractivity contribution >= 4 is 31.5 Å². The highest BCUT2D eigenvalue weighted by molar-refractivity contribution is 7.26. The molecule has 1 aliphatic carbocycles. The lowest BCUT2D eigenvalue weighted by Gasteiger charge is -2.21. The average molecular weight is 835 g/mol. The van der Waals surface area contributed by atoms with Crippen molar-refractivity contribution < 1.29 is 0 Å². The molecule has 3 heteroatoms. The number of rotatable bonds is 7. The first kappa shape index (κ1) is 38.0. The Hall–Kier alpha value is -7.72. The number of thiophene rings is 1. The quantitative estimate of drug-likeness (QED) is 0.160. The van der Waals surface area contributed by atoms with Gasteiger partial charge in [-0.05, 0) is 103 Å². The van der Waals surface area contributed by atoms with Gasteiger partial charge in [-0.2, -0.15) is 0 Å². The molecule has 2 nitrogen and oxygen atoms in total. The molecule has 12 rings (SSSR count). The van der Waals surface area contributed by atoms with Gasteiger partial charge in [0.1, 0.15) is 0 Å². The van der Waals surface area contributed by atoms with Crippen LogP contribution in [0.25, 0.3) is 110 Å². The first-order valence-corrected chi connectivity index (χ1v) is 22.8. The Labute approximate surface area is 377 Å². The molecule has 0 N–H and O–H groups in total. The van der Waals surface area contributed by atoms with Crippen LogP contribution < -0.4 is 0 Å². The summed E-state index contributed by atoms with van der Waals surface area (Å²) in [5.74, 6) is 0.695. The van der Waals surface area contributed by atoms with Crippen molar-refractivity contribution in [3.8, 4) is 89.5 Å². The second kappa shape index (κ2) is 15.3. The van der Waals surface area contributed by atoms with Crippen molar-refractivity contribution in [2.75, 3.05) is 0 Å². The lowest BCUT2D eigenvalue weighted by molar-refractivity contribution is 0.660. The molecule has 0 aliphatic heterocycles. The molecule has 2 heterocycles. The number of benzene rings is 9. The highest BCUT2D eigenvalue weighted by Gasteiger charge is 2.36. The standard InChI is InChI=1S/C61H42N2S/c1-61(2)53-27-11-9-23-52(53)58-48(24-15-28-54(58)61)43-20-13-21-44(34-43)55-38-56(63-60(62-55)42-18-7-4-8-19-42)47-36-45(41-32-30-40(31-33-41)39-16-5-3-6-17-39)35-46(37-47)49-25-14-26-51-50-22-10-12-29-57(50)64-59(49)51/h3-38H,1-2H3. The second-order valence-electron chi connectivity index (χ2n) is 17.3. The molecule has 0 unspecified atom stereocenters. The van der Waals surface area contributed by atoms with Crippen LogP contribution in [-0.4, -0.2) is 9.97 Å². The van der Waals surface area contributed by atoms with Crippen molar-refractivity contribution in [2.45, 2.75) is 19.3 Å². The molecule has 64 heavy (non-hydrogen) atoms. The Morgan fingerprint density at radius 2 is 0.859 bits per heavy atom. The third kappa shape index (κ3) is 6.47. The molecule has 11 aromatic rings. The lowest BCUT2D eigenvalue weighted by atomic mass is 9.82. The Balaban J connectivity index is 1.04. The number of hydrogen-bond acceptors (Lipinski definition) is 3. The summed E-state index contributed by atoms with van der Waals surface area (Å²) in [5, 5.41) is 2.57. The fraction of sp³-hybridized carbons (Fsp3) is 0.0492. The van der Waals surface area contributed by atoms with Crippen molar-refractivity contribution in [3.05, 3.63) is 230 Å². The number of nitrogens with zero attached hydrogens (tertiary/aromatic N) is 2. The van der Waals surface area contributed by atoms with Crippen LogP contribution in [0, 0.1) is 0 Å². The number of fused-ring (bicyclic) bond motifs is 6. The Morgan fingerprint density at radius 3 is 1.67 bits per heavy atom. The van der Waals surface area contributed by atoms with E-state index in [4.69, 9.17) is 9.97 Å². The first-order valence-electron chi connectivity index (χ1n) is 22.0. The fourth-order valence-electron chi connectivity index (χ4n) is 9.86. The third-order valence-electron chi connectivity index (χ3n) is 13.1. The molecule has 0 fully saturated rings. The molecule has 0 spiro atoms. The molecule has 1 aliphatic rings. The van der Waals surface area contributed by atoms with Gasteiger partial charge in [-0.1, -0.05) is 196 Å². The predicted octanol–water partition coefficient (Wildman–Crippen LogP) is 16.8. The van der Waals surface area contributed by atoms with Gasteiger partial charge in [-0.25, -0.2) is 9.97 Å². The number of hydrogen-bond donors (Lipinski definition) is 0. The molecule has 9 aromatic carbocycles. The van der Waals surface area contributed by atoms with E-state index in [1.807, 2.05) is 17.4 Å². The van der Waals surface area contributed by atoms with E-state index < -0.39 is 0 Å². The minimum Gasteiger partial charge on any atom is -0.228 e. The van der Waals surface area contributed by atoms with Gasteiger partial charge in [0.2, 0.25) is 0 Å². The summed E-state index contributed by atoms with van der Waals surface area (Å²) in [6, 6.07) is 79.1. The van der Waals surface area contributed by atoms with Crippen LogP contribution >= 0.6 is 11.3 Å². The zero-order valence-corrected chi connectivity index (χ0v) is 36.4. The largest absolute Gasteiger partial charge is 0.228 e. The summed E-state index contributed by atoms with van der Waals surface area (Å²) < 4.78 is 2.58. The first-order chi connectivity index (χ1) is 31.5. The van der Waals surface area contributed by atoms with Crippen LogP contribution in [0.1, 0.15) is 25.0 Å². The summed E-state index contributed by atoms with van der Waals surface area (Å²) >= 11 is 1.86. The van der Waals surface area contributed by atoms with Crippen LogP contribution in [-0.2, 0) is 5.41 Å². The Bertz CT molecular complexity index is 3560. The minimum atomic E-state index is -0.0779. The molecule has 0 atom stereocenters. The van der Waals surface area contributed by atoms with Crippen LogP contribution in [0.3, 0.4) is 0 Å². The fourth-order valence-corrected chi connectivity index (χ4v) is 11.1. The van der Waals surface area contributed by atoms with E-state index in [0.717, 1.165) is 44.8 Å². The summed E-state index contributed by atoms with van der Waals surface area (Å²) in [7, 11) is 0. The monoisotopic (exact) mass is 834 g/mol. The predicted molar refractivity (Wildman–Crippen MR) is 271 cm³/mol. The van der Waals surface area contributed by atoms with Gasteiger partial charge in [-0.3, -0.25) is 0 Å². The second-order valence-corrected chi connectivity index (χ2v) is 18.4. The van der Waals surface area contributed by atoms with E-state index in [-0.39, 0.29) is 5.41 Å². The highest BCUT2D eigenvalue weighted by Crippen LogP contribution is 2.52. The van der Waals surface area contributed by atoms with Crippen LogP contribution in [0.2, 0.25) is 0 Å². The van der Waals surface area contributed by atoms with E-state index in [1.165, 1.54) is 70.2 Å². The Kier molecular flexibility index (Phi) is 9.06. The Morgan fingerprint density at radius 1 is 0.344 bits per heavy atom. The maximum absolute atomic E-state index is 5.38. The number of aromatic nitrogens is 2. The van der Waals surface area contributed by atoms with Crippen molar-refractivity contribution in [1.82, 2.24) is 9.97 Å². The molecule has 0 saturated heterocycles. The SMILES string of the molecule is CC1(C)c2ccccc2-c2c(-c3cccc(-c4cc(-c5cc(-c6ccc(-c7ccccc7)cc6)cc(-c6cccc7c6sc6ccccc67)c5)nc(-c5ccccc5)n4)c3)cccc21. The van der Waals surface area contributed by atoms with Gasteiger partial charge in [0, 0.05) is 42.3 Å². The lowest BCUT2D eigenvalue weighted by Crippen LogP contribution is -2.14. The normalized spacial score (nSPS) is 12.7. The molecule has 0 bridgehead atoms. The molecule has 0 amide bonds. The van der Waals surface area contributed by atoms with Crippen LogP contribution in [0.15, 0.2) is 218 Å². The molecule has 302 valence electrons. The van der Waals surface area contributed by atoms with Gasteiger partial charge >= 0.3 is 0 Å². The summed E-state index contributed by atoms with van der Waals surface area (Å²) in [6.07, 6.45) is 0. The van der Waals surface area contributed by atoms with Gasteiger partial charge in [-0.15, -0.1) is 11.3 Å². The van der Waals surface area contributed by atoms with E-state index >= 15 is 0 Å². The smallest absolute Gasteiger partial charge is 0.160 e. The molecule has 2 aromatic heterocycles. The maximum Gasteiger partial charge on any atom is 0.160 e. The minimum absolute atomic E-state index is 0.0779. The molecular formula is C61H42N2S. The van der Waals surface area contributed by atoms with Gasteiger partial charge in [0.05, 0.1) is 11.4 Å². The summed E-state index contributed by atoms with van der Waals surface area (Å²) in [5.41, 5.74) is 19.6. The molecular weight excluding hydrogens is 793 g/mol.